The largest absolute Gasteiger partial charge is 0.415 e. The van der Waals surface area contributed by atoms with E-state index in [9.17, 15) is 4.79 Å². The molecule has 1 aromatic heterocycles. The molecule has 2 aromatic rings. The van der Waals surface area contributed by atoms with Crippen molar-refractivity contribution < 1.29 is 9.21 Å². The van der Waals surface area contributed by atoms with Gasteiger partial charge in [0, 0.05) is 12.5 Å². The van der Waals surface area contributed by atoms with E-state index in [0.717, 1.165) is 5.56 Å². The van der Waals surface area contributed by atoms with Crippen molar-refractivity contribution in [1.82, 2.24) is 15.5 Å². The lowest BCUT2D eigenvalue weighted by molar-refractivity contribution is -0.120. The van der Waals surface area contributed by atoms with E-state index in [1.807, 2.05) is 51.1 Å². The Labute approximate surface area is 134 Å². The number of rotatable bonds is 5. The number of carbonyl (C=O) groups excluding carboxylic acids is 1. The molecule has 0 saturated carbocycles. The average molecular weight is 319 g/mol. The SMILES string of the molecule is CNC(=O)C(Cc1ccccc1)Sc1nnc(C(C)(C)C)o1. The zero-order valence-corrected chi connectivity index (χ0v) is 14.1. The number of hydrogen-bond acceptors (Lipinski definition) is 5. The molecule has 0 bridgehead atoms. The number of hydrogen-bond donors (Lipinski definition) is 1. The van der Waals surface area contributed by atoms with Crippen LogP contribution in [0.3, 0.4) is 0 Å². The van der Waals surface area contributed by atoms with E-state index in [0.29, 0.717) is 17.5 Å². The van der Waals surface area contributed by atoms with Crippen LogP contribution in [-0.4, -0.2) is 28.4 Å². The molecule has 0 fully saturated rings. The third-order valence-corrected chi connectivity index (χ3v) is 4.13. The van der Waals surface area contributed by atoms with E-state index in [2.05, 4.69) is 15.5 Å². The Balaban J connectivity index is 2.13. The van der Waals surface area contributed by atoms with Crippen LogP contribution in [0.4, 0.5) is 0 Å². The van der Waals surface area contributed by atoms with Crippen LogP contribution in [0.25, 0.3) is 0 Å². The molecule has 0 saturated heterocycles. The highest BCUT2D eigenvalue weighted by Crippen LogP contribution is 2.28. The third-order valence-electron chi connectivity index (χ3n) is 3.09. The Hall–Kier alpha value is -1.82. The maximum atomic E-state index is 12.1. The lowest BCUT2D eigenvalue weighted by Crippen LogP contribution is -2.31. The standard InChI is InChI=1S/C16H21N3O2S/c1-16(2,3)14-18-19-15(21-14)22-12(13(20)17-4)10-11-8-6-5-7-9-11/h5-9,12H,10H2,1-4H3,(H,17,20). The molecule has 0 radical (unpaired) electrons. The van der Waals surface area contributed by atoms with Crippen molar-refractivity contribution in [1.29, 1.82) is 0 Å². The summed E-state index contributed by atoms with van der Waals surface area (Å²) in [7, 11) is 1.63. The molecule has 118 valence electrons. The van der Waals surface area contributed by atoms with E-state index in [1.54, 1.807) is 7.05 Å². The number of nitrogens with zero attached hydrogens (tertiary/aromatic N) is 2. The summed E-state index contributed by atoms with van der Waals surface area (Å²) in [6.07, 6.45) is 0.610. The molecule has 1 unspecified atom stereocenters. The molecule has 1 aromatic carbocycles. The molecule has 0 aliphatic heterocycles. The van der Waals surface area contributed by atoms with Gasteiger partial charge in [0.1, 0.15) is 0 Å². The first kappa shape index (κ1) is 16.5. The fourth-order valence-electron chi connectivity index (χ4n) is 1.86. The monoisotopic (exact) mass is 319 g/mol. The van der Waals surface area contributed by atoms with E-state index < -0.39 is 0 Å². The van der Waals surface area contributed by atoms with Crippen LogP contribution in [0.5, 0.6) is 0 Å². The number of thioether (sulfide) groups is 1. The first-order valence-electron chi connectivity index (χ1n) is 7.16. The summed E-state index contributed by atoms with van der Waals surface area (Å²) in [5, 5.41) is 10.9. The Morgan fingerprint density at radius 2 is 1.95 bits per heavy atom. The summed E-state index contributed by atoms with van der Waals surface area (Å²) in [6.45, 7) is 6.03. The van der Waals surface area contributed by atoms with Gasteiger partial charge in [0.2, 0.25) is 11.8 Å². The summed E-state index contributed by atoms with van der Waals surface area (Å²) in [6, 6.07) is 9.89. The summed E-state index contributed by atoms with van der Waals surface area (Å²) < 4.78 is 5.67. The molecular formula is C16H21N3O2S. The van der Waals surface area contributed by atoms with Gasteiger partial charge in [0.25, 0.3) is 5.22 Å². The number of aromatic nitrogens is 2. The quantitative estimate of drug-likeness (QED) is 0.858. The Bertz CT molecular complexity index is 620. The topological polar surface area (TPSA) is 68.0 Å². The summed E-state index contributed by atoms with van der Waals surface area (Å²) in [4.78, 5) is 12.1. The fourth-order valence-corrected chi connectivity index (χ4v) is 2.82. The molecule has 1 atom stereocenters. The van der Waals surface area contributed by atoms with Gasteiger partial charge < -0.3 is 9.73 Å². The highest BCUT2D eigenvalue weighted by molar-refractivity contribution is 8.00. The van der Waals surface area contributed by atoms with Crippen molar-refractivity contribution in [2.75, 3.05) is 7.05 Å². The van der Waals surface area contributed by atoms with Gasteiger partial charge in [0.05, 0.1) is 5.25 Å². The summed E-state index contributed by atoms with van der Waals surface area (Å²) in [5.41, 5.74) is 0.896. The minimum Gasteiger partial charge on any atom is -0.415 e. The normalized spacial score (nSPS) is 12.9. The maximum absolute atomic E-state index is 12.1. The minimum absolute atomic E-state index is 0.0515. The number of amides is 1. The molecule has 0 aliphatic carbocycles. The molecule has 6 heteroatoms. The van der Waals surface area contributed by atoms with Gasteiger partial charge in [0.15, 0.2) is 0 Å². The highest BCUT2D eigenvalue weighted by Gasteiger charge is 2.25. The zero-order valence-electron chi connectivity index (χ0n) is 13.3. The second kappa shape index (κ2) is 6.96. The van der Waals surface area contributed by atoms with Crippen LogP contribution in [-0.2, 0) is 16.6 Å². The van der Waals surface area contributed by atoms with E-state index >= 15 is 0 Å². The number of benzene rings is 1. The fraction of sp³-hybridized carbons (Fsp3) is 0.438. The second-order valence-corrected chi connectivity index (χ2v) is 7.19. The van der Waals surface area contributed by atoms with Crippen LogP contribution < -0.4 is 5.32 Å². The number of nitrogens with one attached hydrogen (secondary N) is 1. The van der Waals surface area contributed by atoms with Gasteiger partial charge in [-0.15, -0.1) is 10.2 Å². The lowest BCUT2D eigenvalue weighted by Gasteiger charge is -2.13. The van der Waals surface area contributed by atoms with Gasteiger partial charge in [-0.2, -0.15) is 0 Å². The van der Waals surface area contributed by atoms with Crippen LogP contribution in [0, 0.1) is 0 Å². The van der Waals surface area contributed by atoms with Gasteiger partial charge in [-0.05, 0) is 12.0 Å². The number of carbonyl (C=O) groups is 1. The molecule has 1 amide bonds. The molecular weight excluding hydrogens is 298 g/mol. The first-order chi connectivity index (χ1) is 10.4. The van der Waals surface area contributed by atoms with Crippen molar-refractivity contribution in [2.24, 2.45) is 0 Å². The Kier molecular flexibility index (Phi) is 5.24. The van der Waals surface area contributed by atoms with Gasteiger partial charge in [-0.3, -0.25) is 4.79 Å². The van der Waals surface area contributed by atoms with Gasteiger partial charge in [-0.25, -0.2) is 0 Å². The van der Waals surface area contributed by atoms with Crippen LogP contribution in [0.15, 0.2) is 40.0 Å². The smallest absolute Gasteiger partial charge is 0.277 e. The molecule has 2 rings (SSSR count). The predicted molar refractivity (Wildman–Crippen MR) is 86.9 cm³/mol. The van der Waals surface area contributed by atoms with Crippen molar-refractivity contribution in [3.05, 3.63) is 41.8 Å². The van der Waals surface area contributed by atoms with E-state index in [1.165, 1.54) is 11.8 Å². The van der Waals surface area contributed by atoms with E-state index in [4.69, 9.17) is 4.42 Å². The molecule has 1 N–H and O–H groups in total. The molecule has 5 nitrogen and oxygen atoms in total. The predicted octanol–water partition coefficient (Wildman–Crippen LogP) is 2.82. The van der Waals surface area contributed by atoms with Crippen LogP contribution in [0.1, 0.15) is 32.2 Å². The van der Waals surface area contributed by atoms with Gasteiger partial charge in [-0.1, -0.05) is 62.9 Å². The molecule has 0 aliphatic rings. The summed E-state index contributed by atoms with van der Waals surface area (Å²) >= 11 is 1.30. The first-order valence-corrected chi connectivity index (χ1v) is 8.04. The van der Waals surface area contributed by atoms with Crippen molar-refractivity contribution in [2.45, 2.75) is 43.1 Å². The Morgan fingerprint density at radius 3 is 2.50 bits per heavy atom. The van der Waals surface area contributed by atoms with Crippen molar-refractivity contribution in [3.8, 4) is 0 Å². The highest BCUT2D eigenvalue weighted by atomic mass is 32.2. The lowest BCUT2D eigenvalue weighted by atomic mass is 9.97. The molecule has 22 heavy (non-hydrogen) atoms. The average Bonchev–Trinajstić information content (AvgIpc) is 2.95. The Morgan fingerprint density at radius 1 is 1.27 bits per heavy atom. The van der Waals surface area contributed by atoms with Crippen molar-refractivity contribution >= 4 is 17.7 Å². The molecule has 1 heterocycles. The van der Waals surface area contributed by atoms with E-state index in [-0.39, 0.29) is 16.6 Å². The van der Waals surface area contributed by atoms with Crippen LogP contribution >= 0.6 is 11.8 Å². The van der Waals surface area contributed by atoms with Crippen molar-refractivity contribution in [3.63, 3.8) is 0 Å². The minimum atomic E-state index is -0.305. The summed E-state index contributed by atoms with van der Waals surface area (Å²) in [5.74, 6) is 0.523. The second-order valence-electron chi connectivity index (χ2n) is 6.03. The zero-order chi connectivity index (χ0) is 16.2. The van der Waals surface area contributed by atoms with Crippen LogP contribution in [0.2, 0.25) is 0 Å². The molecule has 0 spiro atoms. The third kappa shape index (κ3) is 4.34. The maximum Gasteiger partial charge on any atom is 0.277 e. The van der Waals surface area contributed by atoms with Gasteiger partial charge >= 0.3 is 0 Å².